The Bertz CT molecular complexity index is 298. The standard InChI is InChI=1S/C12H20N2OS/c1-15-8-12(6-13)14(11-2-3-11)7-10-4-5-16-9-10/h4-5,9,11-12H,2-3,6-8,13H2,1H3. The van der Waals surface area contributed by atoms with Gasteiger partial charge in [-0.3, -0.25) is 4.90 Å². The van der Waals surface area contributed by atoms with Crippen LogP contribution in [0.1, 0.15) is 18.4 Å². The Morgan fingerprint density at radius 2 is 2.44 bits per heavy atom. The smallest absolute Gasteiger partial charge is 0.0630 e. The summed E-state index contributed by atoms with van der Waals surface area (Å²) in [6.45, 7) is 2.42. The fourth-order valence-electron chi connectivity index (χ4n) is 2.05. The van der Waals surface area contributed by atoms with E-state index in [9.17, 15) is 0 Å². The number of hydrogen-bond acceptors (Lipinski definition) is 4. The summed E-state index contributed by atoms with van der Waals surface area (Å²) in [5.74, 6) is 0. The summed E-state index contributed by atoms with van der Waals surface area (Å²) < 4.78 is 5.25. The number of nitrogens with two attached hydrogens (primary N) is 1. The molecule has 1 unspecified atom stereocenters. The second-order valence-corrected chi connectivity index (χ2v) is 5.16. The molecule has 16 heavy (non-hydrogen) atoms. The van der Waals surface area contributed by atoms with Crippen LogP contribution in [-0.4, -0.2) is 37.2 Å². The van der Waals surface area contributed by atoms with Crippen LogP contribution in [0.4, 0.5) is 0 Å². The third kappa shape index (κ3) is 3.04. The van der Waals surface area contributed by atoms with Crippen LogP contribution in [-0.2, 0) is 11.3 Å². The van der Waals surface area contributed by atoms with Crippen LogP contribution < -0.4 is 5.73 Å². The van der Waals surface area contributed by atoms with Crippen LogP contribution in [0.2, 0.25) is 0 Å². The van der Waals surface area contributed by atoms with Gasteiger partial charge in [0.1, 0.15) is 0 Å². The quantitative estimate of drug-likeness (QED) is 0.788. The molecule has 0 aliphatic heterocycles. The van der Waals surface area contributed by atoms with Crippen molar-refractivity contribution in [2.24, 2.45) is 5.73 Å². The van der Waals surface area contributed by atoms with Gasteiger partial charge in [-0.1, -0.05) is 0 Å². The van der Waals surface area contributed by atoms with Crippen LogP contribution in [0, 0.1) is 0 Å². The van der Waals surface area contributed by atoms with Crippen LogP contribution in [0.15, 0.2) is 16.8 Å². The lowest BCUT2D eigenvalue weighted by molar-refractivity contribution is 0.0837. The predicted octanol–water partition coefficient (Wildman–Crippen LogP) is 1.69. The zero-order valence-corrected chi connectivity index (χ0v) is 10.6. The van der Waals surface area contributed by atoms with E-state index in [1.54, 1.807) is 18.4 Å². The van der Waals surface area contributed by atoms with Gasteiger partial charge in [-0.2, -0.15) is 11.3 Å². The van der Waals surface area contributed by atoms with E-state index >= 15 is 0 Å². The van der Waals surface area contributed by atoms with Crippen molar-refractivity contribution in [2.75, 3.05) is 20.3 Å². The number of hydrogen-bond donors (Lipinski definition) is 1. The van der Waals surface area contributed by atoms with Crippen LogP contribution in [0.25, 0.3) is 0 Å². The largest absolute Gasteiger partial charge is 0.383 e. The van der Waals surface area contributed by atoms with Crippen molar-refractivity contribution in [3.63, 3.8) is 0 Å². The first kappa shape index (κ1) is 12.0. The summed E-state index contributed by atoms with van der Waals surface area (Å²) in [5, 5.41) is 4.35. The number of thiophene rings is 1. The van der Waals surface area contributed by atoms with Crippen LogP contribution in [0.3, 0.4) is 0 Å². The second kappa shape index (κ2) is 5.77. The molecular weight excluding hydrogens is 220 g/mol. The van der Waals surface area contributed by atoms with E-state index in [2.05, 4.69) is 21.7 Å². The Labute approximate surface area is 101 Å². The van der Waals surface area contributed by atoms with Gasteiger partial charge in [0.05, 0.1) is 6.61 Å². The molecule has 1 aliphatic carbocycles. The van der Waals surface area contributed by atoms with Crippen molar-refractivity contribution in [2.45, 2.75) is 31.5 Å². The van der Waals surface area contributed by atoms with Crippen LogP contribution in [0.5, 0.6) is 0 Å². The summed E-state index contributed by atoms with van der Waals surface area (Å²) in [6, 6.07) is 3.28. The number of rotatable bonds is 7. The van der Waals surface area contributed by atoms with Gasteiger partial charge in [0, 0.05) is 32.3 Å². The maximum absolute atomic E-state index is 5.84. The van der Waals surface area contributed by atoms with E-state index in [1.807, 2.05) is 0 Å². The molecule has 0 saturated heterocycles. The predicted molar refractivity (Wildman–Crippen MR) is 67.6 cm³/mol. The molecule has 1 aromatic rings. The summed E-state index contributed by atoms with van der Waals surface area (Å²) in [5.41, 5.74) is 7.23. The van der Waals surface area contributed by atoms with E-state index in [0.717, 1.165) is 19.2 Å². The minimum atomic E-state index is 0.359. The maximum atomic E-state index is 5.84. The van der Waals surface area contributed by atoms with Gasteiger partial charge in [-0.25, -0.2) is 0 Å². The van der Waals surface area contributed by atoms with Crippen LogP contribution >= 0.6 is 11.3 Å². The molecule has 0 amide bonds. The van der Waals surface area contributed by atoms with Gasteiger partial charge in [0.25, 0.3) is 0 Å². The minimum Gasteiger partial charge on any atom is -0.383 e. The van der Waals surface area contributed by atoms with Gasteiger partial charge in [-0.15, -0.1) is 0 Å². The van der Waals surface area contributed by atoms with Crippen molar-refractivity contribution in [1.29, 1.82) is 0 Å². The van der Waals surface area contributed by atoms with Crippen molar-refractivity contribution in [1.82, 2.24) is 4.90 Å². The molecule has 3 nitrogen and oxygen atoms in total. The average molecular weight is 240 g/mol. The normalized spacial score (nSPS) is 17.9. The van der Waals surface area contributed by atoms with Gasteiger partial charge < -0.3 is 10.5 Å². The Hall–Kier alpha value is -0.420. The first-order chi connectivity index (χ1) is 7.85. The molecule has 1 heterocycles. The summed E-state index contributed by atoms with van der Waals surface area (Å²) in [7, 11) is 1.75. The number of methoxy groups -OCH3 is 1. The number of nitrogens with zero attached hydrogens (tertiary/aromatic N) is 1. The molecule has 1 aliphatic rings. The van der Waals surface area contributed by atoms with Crippen molar-refractivity contribution in [3.05, 3.63) is 22.4 Å². The molecule has 0 aromatic carbocycles. The molecule has 2 rings (SSSR count). The van der Waals surface area contributed by atoms with Crippen molar-refractivity contribution in [3.8, 4) is 0 Å². The molecule has 0 radical (unpaired) electrons. The van der Waals surface area contributed by atoms with Crippen molar-refractivity contribution < 1.29 is 4.74 Å². The Kier molecular flexibility index (Phi) is 4.35. The molecule has 1 aromatic heterocycles. The third-order valence-electron chi connectivity index (χ3n) is 3.06. The van der Waals surface area contributed by atoms with Crippen molar-refractivity contribution >= 4 is 11.3 Å². The van der Waals surface area contributed by atoms with Gasteiger partial charge in [0.15, 0.2) is 0 Å². The molecule has 90 valence electrons. The maximum Gasteiger partial charge on any atom is 0.0630 e. The summed E-state index contributed by atoms with van der Waals surface area (Å²) in [4.78, 5) is 2.51. The fourth-order valence-corrected chi connectivity index (χ4v) is 2.71. The van der Waals surface area contributed by atoms with E-state index in [0.29, 0.717) is 12.6 Å². The monoisotopic (exact) mass is 240 g/mol. The lowest BCUT2D eigenvalue weighted by atomic mass is 10.2. The van der Waals surface area contributed by atoms with Gasteiger partial charge in [-0.05, 0) is 35.2 Å². The average Bonchev–Trinajstić information content (AvgIpc) is 3.01. The molecule has 2 N–H and O–H groups in total. The van der Waals surface area contributed by atoms with E-state index in [1.165, 1.54) is 18.4 Å². The molecule has 0 bridgehead atoms. The SMILES string of the molecule is COCC(CN)N(Cc1ccsc1)C1CC1. The Morgan fingerprint density at radius 3 is 2.94 bits per heavy atom. The first-order valence-electron chi connectivity index (χ1n) is 5.81. The summed E-state index contributed by atoms with van der Waals surface area (Å²) >= 11 is 1.76. The fraction of sp³-hybridized carbons (Fsp3) is 0.667. The summed E-state index contributed by atoms with van der Waals surface area (Å²) in [6.07, 6.45) is 2.62. The highest BCUT2D eigenvalue weighted by atomic mass is 32.1. The molecule has 0 spiro atoms. The van der Waals surface area contributed by atoms with E-state index < -0.39 is 0 Å². The van der Waals surface area contributed by atoms with E-state index in [4.69, 9.17) is 10.5 Å². The number of ether oxygens (including phenoxy) is 1. The molecule has 1 saturated carbocycles. The highest BCUT2D eigenvalue weighted by Crippen LogP contribution is 2.30. The molecule has 1 atom stereocenters. The highest BCUT2D eigenvalue weighted by Gasteiger charge is 2.33. The lowest BCUT2D eigenvalue weighted by Gasteiger charge is -2.30. The zero-order valence-electron chi connectivity index (χ0n) is 9.76. The molecule has 1 fully saturated rings. The highest BCUT2D eigenvalue weighted by molar-refractivity contribution is 7.07. The minimum absolute atomic E-state index is 0.359. The first-order valence-corrected chi connectivity index (χ1v) is 6.75. The Morgan fingerprint density at radius 1 is 1.62 bits per heavy atom. The zero-order chi connectivity index (χ0) is 11.4. The third-order valence-corrected chi connectivity index (χ3v) is 3.79. The topological polar surface area (TPSA) is 38.5 Å². The molecule has 4 heteroatoms. The van der Waals surface area contributed by atoms with E-state index in [-0.39, 0.29) is 0 Å². The van der Waals surface area contributed by atoms with Gasteiger partial charge in [0.2, 0.25) is 0 Å². The molecular formula is C12H20N2OS. The second-order valence-electron chi connectivity index (χ2n) is 4.38. The Balaban J connectivity index is 1.98. The van der Waals surface area contributed by atoms with Gasteiger partial charge >= 0.3 is 0 Å². The lowest BCUT2D eigenvalue weighted by Crippen LogP contribution is -2.44.